The number of rotatable bonds is 6. The van der Waals surface area contributed by atoms with E-state index < -0.39 is 0 Å². The average Bonchev–Trinajstić information content (AvgIpc) is 2.48. The van der Waals surface area contributed by atoms with E-state index in [-0.39, 0.29) is 0 Å². The number of hydrogen-bond acceptors (Lipinski definition) is 5. The fourth-order valence-electron chi connectivity index (χ4n) is 2.59. The summed E-state index contributed by atoms with van der Waals surface area (Å²) in [5, 5.41) is 3.29. The van der Waals surface area contributed by atoms with Crippen molar-refractivity contribution >= 4 is 11.6 Å². The number of aromatic nitrogens is 2. The first-order valence-electron chi connectivity index (χ1n) is 7.75. The summed E-state index contributed by atoms with van der Waals surface area (Å²) >= 11 is 0. The SMILES string of the molecule is CCNc1cc(N2CCCC(OCC)C2)nc(CC)n1. The summed E-state index contributed by atoms with van der Waals surface area (Å²) in [6.45, 7) is 9.87. The summed E-state index contributed by atoms with van der Waals surface area (Å²) in [7, 11) is 0. The molecule has 0 bridgehead atoms. The van der Waals surface area contributed by atoms with E-state index in [1.165, 1.54) is 0 Å². The molecule has 1 aromatic rings. The van der Waals surface area contributed by atoms with Crippen LogP contribution >= 0.6 is 0 Å². The molecule has 0 spiro atoms. The van der Waals surface area contributed by atoms with Gasteiger partial charge >= 0.3 is 0 Å². The largest absolute Gasteiger partial charge is 0.377 e. The van der Waals surface area contributed by atoms with E-state index >= 15 is 0 Å². The van der Waals surface area contributed by atoms with Crippen molar-refractivity contribution in [1.29, 1.82) is 0 Å². The highest BCUT2D eigenvalue weighted by Crippen LogP contribution is 2.22. The van der Waals surface area contributed by atoms with Gasteiger partial charge in [0.25, 0.3) is 0 Å². The van der Waals surface area contributed by atoms with E-state index in [1.54, 1.807) is 0 Å². The van der Waals surface area contributed by atoms with Crippen LogP contribution < -0.4 is 10.2 Å². The Morgan fingerprint density at radius 3 is 2.90 bits per heavy atom. The van der Waals surface area contributed by atoms with Gasteiger partial charge in [0.15, 0.2) is 0 Å². The zero-order chi connectivity index (χ0) is 14.4. The summed E-state index contributed by atoms with van der Waals surface area (Å²) in [5.74, 6) is 2.85. The van der Waals surface area contributed by atoms with Crippen LogP contribution in [0.25, 0.3) is 0 Å². The van der Waals surface area contributed by atoms with E-state index in [1.807, 2.05) is 0 Å². The Balaban J connectivity index is 2.15. The van der Waals surface area contributed by atoms with Crippen molar-refractivity contribution in [3.05, 3.63) is 11.9 Å². The maximum absolute atomic E-state index is 5.77. The number of nitrogens with zero attached hydrogens (tertiary/aromatic N) is 3. The maximum atomic E-state index is 5.77. The lowest BCUT2D eigenvalue weighted by Crippen LogP contribution is -2.40. The molecule has 1 saturated heterocycles. The molecule has 1 unspecified atom stereocenters. The van der Waals surface area contributed by atoms with Crippen LogP contribution in [0, 0.1) is 0 Å². The van der Waals surface area contributed by atoms with Crippen LogP contribution in [0.15, 0.2) is 6.07 Å². The van der Waals surface area contributed by atoms with E-state index in [9.17, 15) is 0 Å². The van der Waals surface area contributed by atoms with Gasteiger partial charge in [-0.15, -0.1) is 0 Å². The zero-order valence-electron chi connectivity index (χ0n) is 12.9. The van der Waals surface area contributed by atoms with E-state index in [2.05, 4.69) is 47.0 Å². The standard InChI is InChI=1S/C15H26N4O/c1-4-13-17-14(16-5-2)10-15(18-13)19-9-7-8-12(11-19)20-6-3/h10,12H,4-9,11H2,1-3H3,(H,16,17,18). The van der Waals surface area contributed by atoms with Crippen molar-refractivity contribution in [2.24, 2.45) is 0 Å². The van der Waals surface area contributed by atoms with Crippen LogP contribution in [-0.4, -0.2) is 42.3 Å². The number of nitrogens with one attached hydrogen (secondary N) is 1. The molecule has 0 amide bonds. The van der Waals surface area contributed by atoms with Crippen molar-refractivity contribution in [2.45, 2.75) is 46.1 Å². The molecule has 0 saturated carbocycles. The molecule has 5 heteroatoms. The molecule has 112 valence electrons. The lowest BCUT2D eigenvalue weighted by atomic mass is 10.1. The lowest BCUT2D eigenvalue weighted by Gasteiger charge is -2.33. The van der Waals surface area contributed by atoms with Gasteiger partial charge in [0.1, 0.15) is 17.5 Å². The van der Waals surface area contributed by atoms with Crippen LogP contribution in [0.1, 0.15) is 39.4 Å². The van der Waals surface area contributed by atoms with Crippen molar-refractivity contribution < 1.29 is 4.74 Å². The minimum atomic E-state index is 0.330. The van der Waals surface area contributed by atoms with Crippen molar-refractivity contribution in [3.63, 3.8) is 0 Å². The molecule has 1 fully saturated rings. The van der Waals surface area contributed by atoms with Gasteiger partial charge in [0.2, 0.25) is 0 Å². The second-order valence-corrected chi connectivity index (χ2v) is 5.08. The normalized spacial score (nSPS) is 19.1. The molecule has 5 nitrogen and oxygen atoms in total. The molecule has 1 atom stereocenters. The van der Waals surface area contributed by atoms with Gasteiger partial charge in [-0.2, -0.15) is 0 Å². The van der Waals surface area contributed by atoms with Gasteiger partial charge in [-0.25, -0.2) is 9.97 Å². The van der Waals surface area contributed by atoms with Gasteiger partial charge in [-0.05, 0) is 26.7 Å². The van der Waals surface area contributed by atoms with E-state index in [0.29, 0.717) is 6.10 Å². The van der Waals surface area contributed by atoms with Crippen molar-refractivity contribution in [3.8, 4) is 0 Å². The average molecular weight is 278 g/mol. The number of anilines is 2. The van der Waals surface area contributed by atoms with E-state index in [4.69, 9.17) is 4.74 Å². The number of hydrogen-bond donors (Lipinski definition) is 1. The smallest absolute Gasteiger partial charge is 0.134 e. The monoisotopic (exact) mass is 278 g/mol. The molecule has 20 heavy (non-hydrogen) atoms. The van der Waals surface area contributed by atoms with Crippen LogP contribution in [0.2, 0.25) is 0 Å². The minimum absolute atomic E-state index is 0.330. The minimum Gasteiger partial charge on any atom is -0.377 e. The number of ether oxygens (including phenoxy) is 1. The quantitative estimate of drug-likeness (QED) is 0.866. The second kappa shape index (κ2) is 7.43. The van der Waals surface area contributed by atoms with Crippen LogP contribution in [0.5, 0.6) is 0 Å². The fraction of sp³-hybridized carbons (Fsp3) is 0.733. The lowest BCUT2D eigenvalue weighted by molar-refractivity contribution is 0.0525. The summed E-state index contributed by atoms with van der Waals surface area (Å²) in [6, 6.07) is 2.05. The fourth-order valence-corrected chi connectivity index (χ4v) is 2.59. The summed E-state index contributed by atoms with van der Waals surface area (Å²) < 4.78 is 5.77. The molecule has 0 aliphatic carbocycles. The Hall–Kier alpha value is -1.36. The molecule has 2 rings (SSSR count). The zero-order valence-corrected chi connectivity index (χ0v) is 12.9. The molecule has 1 aliphatic heterocycles. The third kappa shape index (κ3) is 3.82. The molecule has 1 aliphatic rings. The van der Waals surface area contributed by atoms with Gasteiger partial charge in [-0.3, -0.25) is 0 Å². The molecular weight excluding hydrogens is 252 g/mol. The third-order valence-corrected chi connectivity index (χ3v) is 3.54. The van der Waals surface area contributed by atoms with Gasteiger partial charge in [0.05, 0.1) is 6.10 Å². The third-order valence-electron chi connectivity index (χ3n) is 3.54. The van der Waals surface area contributed by atoms with Gasteiger partial charge in [-0.1, -0.05) is 6.92 Å². The van der Waals surface area contributed by atoms with Crippen LogP contribution in [0.3, 0.4) is 0 Å². The summed E-state index contributed by atoms with van der Waals surface area (Å²) in [5.41, 5.74) is 0. The maximum Gasteiger partial charge on any atom is 0.134 e. The Morgan fingerprint density at radius 2 is 2.20 bits per heavy atom. The molecule has 0 aromatic carbocycles. The highest BCUT2D eigenvalue weighted by atomic mass is 16.5. The topological polar surface area (TPSA) is 50.3 Å². The van der Waals surface area contributed by atoms with E-state index in [0.717, 1.165) is 63.0 Å². The highest BCUT2D eigenvalue weighted by molar-refractivity contribution is 5.49. The summed E-state index contributed by atoms with van der Waals surface area (Å²) in [4.78, 5) is 11.5. The number of aryl methyl sites for hydroxylation is 1. The highest BCUT2D eigenvalue weighted by Gasteiger charge is 2.21. The molecule has 0 radical (unpaired) electrons. The predicted molar refractivity (Wildman–Crippen MR) is 82.4 cm³/mol. The first kappa shape index (κ1) is 15.0. The second-order valence-electron chi connectivity index (χ2n) is 5.08. The molecular formula is C15H26N4O. The van der Waals surface area contributed by atoms with Crippen LogP contribution in [-0.2, 0) is 11.2 Å². The molecule has 1 aromatic heterocycles. The Morgan fingerprint density at radius 1 is 1.35 bits per heavy atom. The number of piperidine rings is 1. The van der Waals surface area contributed by atoms with Crippen molar-refractivity contribution in [1.82, 2.24) is 9.97 Å². The first-order valence-corrected chi connectivity index (χ1v) is 7.75. The Bertz CT molecular complexity index is 422. The molecule has 1 N–H and O–H groups in total. The summed E-state index contributed by atoms with van der Waals surface area (Å²) in [6.07, 6.45) is 3.49. The van der Waals surface area contributed by atoms with Crippen LogP contribution in [0.4, 0.5) is 11.6 Å². The van der Waals surface area contributed by atoms with Gasteiger partial charge < -0.3 is 15.0 Å². The van der Waals surface area contributed by atoms with Gasteiger partial charge in [0, 0.05) is 38.7 Å². The Labute approximate surface area is 121 Å². The predicted octanol–water partition coefficient (Wildman–Crippen LogP) is 2.48. The Kier molecular flexibility index (Phi) is 5.59. The van der Waals surface area contributed by atoms with Crippen molar-refractivity contribution in [2.75, 3.05) is 36.5 Å². The molecule has 2 heterocycles. The first-order chi connectivity index (χ1) is 9.76.